The third-order valence-corrected chi connectivity index (χ3v) is 2.49. The number of rotatable bonds is 2. The Bertz CT molecular complexity index is 413. The number of ether oxygens (including phenoxy) is 1. The largest absolute Gasteiger partial charge is 0.444 e. The minimum absolute atomic E-state index is 0.491. The molecule has 5 heteroatoms. The van der Waals surface area contributed by atoms with Gasteiger partial charge < -0.3 is 4.74 Å². The van der Waals surface area contributed by atoms with Crippen molar-refractivity contribution in [1.82, 2.24) is 4.98 Å². The number of halogens is 1. The van der Waals surface area contributed by atoms with E-state index in [4.69, 9.17) is 4.74 Å². The van der Waals surface area contributed by atoms with Crippen LogP contribution in [-0.2, 0) is 10.1 Å². The molecule has 0 aliphatic rings. The molecule has 0 saturated carbocycles. The highest BCUT2D eigenvalue weighted by molar-refractivity contribution is 9.08. The Kier molecular flexibility index (Phi) is 4.51. The normalized spacial score (nSPS) is 11.1. The van der Waals surface area contributed by atoms with Crippen LogP contribution in [0, 0.1) is 6.92 Å². The van der Waals surface area contributed by atoms with Crippen LogP contribution >= 0.6 is 15.9 Å². The van der Waals surface area contributed by atoms with E-state index in [1.165, 1.54) is 0 Å². The molecule has 1 rings (SSSR count). The average Bonchev–Trinajstić information content (AvgIpc) is 2.18. The molecule has 4 nitrogen and oxygen atoms in total. The molecular weight excluding hydrogens is 284 g/mol. The highest BCUT2D eigenvalue weighted by Crippen LogP contribution is 2.14. The number of hydrogen-bond acceptors (Lipinski definition) is 3. The lowest BCUT2D eigenvalue weighted by Crippen LogP contribution is -2.27. The molecule has 0 bridgehead atoms. The summed E-state index contributed by atoms with van der Waals surface area (Å²) in [6, 6.07) is 3.67. The van der Waals surface area contributed by atoms with Crippen molar-refractivity contribution < 1.29 is 9.53 Å². The van der Waals surface area contributed by atoms with Gasteiger partial charge in [0.25, 0.3) is 0 Å². The molecule has 17 heavy (non-hydrogen) atoms. The predicted molar refractivity (Wildman–Crippen MR) is 71.5 cm³/mol. The predicted octanol–water partition coefficient (Wildman–Crippen LogP) is 3.63. The lowest BCUT2D eigenvalue weighted by atomic mass is 10.2. The smallest absolute Gasteiger partial charge is 0.413 e. The Morgan fingerprint density at radius 2 is 2.12 bits per heavy atom. The van der Waals surface area contributed by atoms with E-state index < -0.39 is 11.7 Å². The van der Waals surface area contributed by atoms with Crippen LogP contribution in [0.25, 0.3) is 0 Å². The van der Waals surface area contributed by atoms with Crippen LogP contribution in [0.3, 0.4) is 0 Å². The van der Waals surface area contributed by atoms with Crippen molar-refractivity contribution in [1.29, 1.82) is 0 Å². The summed E-state index contributed by atoms with van der Waals surface area (Å²) >= 11 is 3.35. The van der Waals surface area contributed by atoms with Crippen LogP contribution in [0.4, 0.5) is 10.6 Å². The van der Waals surface area contributed by atoms with Crippen molar-refractivity contribution >= 4 is 27.8 Å². The zero-order valence-electron chi connectivity index (χ0n) is 10.5. The van der Waals surface area contributed by atoms with Gasteiger partial charge in [-0.15, -0.1) is 0 Å². The number of anilines is 1. The molecule has 0 aliphatic heterocycles. The summed E-state index contributed by atoms with van der Waals surface area (Å²) in [6.07, 6.45) is -0.491. The van der Waals surface area contributed by atoms with Gasteiger partial charge in [0, 0.05) is 5.33 Å². The molecule has 0 unspecified atom stereocenters. The van der Waals surface area contributed by atoms with Gasteiger partial charge in [0.05, 0.1) is 5.69 Å². The number of alkyl halides is 1. The van der Waals surface area contributed by atoms with E-state index in [0.717, 1.165) is 11.3 Å². The lowest BCUT2D eigenvalue weighted by molar-refractivity contribution is 0.0635. The zero-order chi connectivity index (χ0) is 13.1. The van der Waals surface area contributed by atoms with E-state index in [9.17, 15) is 4.79 Å². The Hall–Kier alpha value is -1.10. The SMILES string of the molecule is Cc1ccc(NC(=O)OC(C)(C)C)nc1CBr. The number of aromatic nitrogens is 1. The van der Waals surface area contributed by atoms with Crippen molar-refractivity contribution in [3.05, 3.63) is 23.4 Å². The molecular formula is C12H17BrN2O2. The van der Waals surface area contributed by atoms with Crippen LogP contribution in [0.1, 0.15) is 32.0 Å². The first-order valence-electron chi connectivity index (χ1n) is 5.34. The Balaban J connectivity index is 2.72. The molecule has 0 atom stereocenters. The van der Waals surface area contributed by atoms with Gasteiger partial charge in [-0.3, -0.25) is 5.32 Å². The third kappa shape index (κ3) is 4.73. The summed E-state index contributed by atoms with van der Waals surface area (Å²) < 4.78 is 5.14. The van der Waals surface area contributed by atoms with Crippen LogP contribution in [0.2, 0.25) is 0 Å². The van der Waals surface area contributed by atoms with E-state index in [-0.39, 0.29) is 0 Å². The highest BCUT2D eigenvalue weighted by atomic mass is 79.9. The van der Waals surface area contributed by atoms with Crippen LogP contribution in [-0.4, -0.2) is 16.7 Å². The third-order valence-electron chi connectivity index (χ3n) is 1.96. The summed E-state index contributed by atoms with van der Waals surface area (Å²) in [4.78, 5) is 15.8. The molecule has 0 radical (unpaired) electrons. The number of carbonyl (C=O) groups excluding carboxylic acids is 1. The van der Waals surface area contributed by atoms with Crippen molar-refractivity contribution in [2.24, 2.45) is 0 Å². The quantitative estimate of drug-likeness (QED) is 0.849. The molecule has 1 amide bonds. The molecule has 1 N–H and O–H groups in total. The molecule has 0 spiro atoms. The van der Waals surface area contributed by atoms with E-state index in [1.54, 1.807) is 6.07 Å². The Morgan fingerprint density at radius 3 is 2.65 bits per heavy atom. The number of pyridine rings is 1. The Labute approximate surface area is 110 Å². The van der Waals surface area contributed by atoms with Gasteiger partial charge in [-0.25, -0.2) is 9.78 Å². The second-order valence-electron chi connectivity index (χ2n) is 4.72. The first kappa shape index (κ1) is 14.0. The van der Waals surface area contributed by atoms with Gasteiger partial charge in [-0.1, -0.05) is 22.0 Å². The van der Waals surface area contributed by atoms with Crippen LogP contribution < -0.4 is 5.32 Å². The van der Waals surface area contributed by atoms with Gasteiger partial charge in [-0.2, -0.15) is 0 Å². The van der Waals surface area contributed by atoms with Gasteiger partial charge in [-0.05, 0) is 39.3 Å². The fourth-order valence-corrected chi connectivity index (χ4v) is 1.75. The molecule has 0 saturated heterocycles. The average molecular weight is 301 g/mol. The molecule has 0 aliphatic carbocycles. The number of nitrogens with zero attached hydrogens (tertiary/aromatic N) is 1. The first-order chi connectivity index (χ1) is 7.81. The van der Waals surface area contributed by atoms with Gasteiger partial charge in [0.1, 0.15) is 11.4 Å². The fourth-order valence-electron chi connectivity index (χ4n) is 1.18. The zero-order valence-corrected chi connectivity index (χ0v) is 12.1. The summed E-state index contributed by atoms with van der Waals surface area (Å²) in [5, 5.41) is 3.26. The van der Waals surface area contributed by atoms with Gasteiger partial charge in [0.2, 0.25) is 0 Å². The maximum absolute atomic E-state index is 11.5. The lowest BCUT2D eigenvalue weighted by Gasteiger charge is -2.19. The van der Waals surface area contributed by atoms with Crippen molar-refractivity contribution in [2.75, 3.05) is 5.32 Å². The van der Waals surface area contributed by atoms with E-state index in [2.05, 4.69) is 26.2 Å². The second-order valence-corrected chi connectivity index (χ2v) is 5.28. The van der Waals surface area contributed by atoms with Gasteiger partial charge >= 0.3 is 6.09 Å². The molecule has 0 fully saturated rings. The maximum atomic E-state index is 11.5. The summed E-state index contributed by atoms with van der Waals surface area (Å²) in [7, 11) is 0. The summed E-state index contributed by atoms with van der Waals surface area (Å²) in [5.41, 5.74) is 1.47. The van der Waals surface area contributed by atoms with Crippen LogP contribution in [0.5, 0.6) is 0 Å². The topological polar surface area (TPSA) is 51.2 Å². The second kappa shape index (κ2) is 5.49. The first-order valence-corrected chi connectivity index (χ1v) is 6.46. The number of carbonyl (C=O) groups is 1. The molecule has 1 heterocycles. The van der Waals surface area contributed by atoms with Crippen LogP contribution in [0.15, 0.2) is 12.1 Å². The summed E-state index contributed by atoms with van der Waals surface area (Å²) in [6.45, 7) is 7.43. The van der Waals surface area contributed by atoms with Crippen molar-refractivity contribution in [2.45, 2.75) is 38.6 Å². The molecule has 1 aromatic rings. The monoisotopic (exact) mass is 300 g/mol. The number of hydrogen-bond donors (Lipinski definition) is 1. The fraction of sp³-hybridized carbons (Fsp3) is 0.500. The maximum Gasteiger partial charge on any atom is 0.413 e. The number of nitrogens with one attached hydrogen (secondary N) is 1. The summed E-state index contributed by atoms with van der Waals surface area (Å²) in [5.74, 6) is 0.499. The van der Waals surface area contributed by atoms with E-state index in [1.807, 2.05) is 33.8 Å². The molecule has 94 valence electrons. The Morgan fingerprint density at radius 1 is 1.47 bits per heavy atom. The van der Waals surface area contributed by atoms with Gasteiger partial charge in [0.15, 0.2) is 0 Å². The highest BCUT2D eigenvalue weighted by Gasteiger charge is 2.16. The van der Waals surface area contributed by atoms with E-state index in [0.29, 0.717) is 11.1 Å². The molecule has 0 aromatic carbocycles. The molecule has 1 aromatic heterocycles. The minimum atomic E-state index is -0.507. The van der Waals surface area contributed by atoms with Crippen molar-refractivity contribution in [3.63, 3.8) is 0 Å². The van der Waals surface area contributed by atoms with E-state index >= 15 is 0 Å². The minimum Gasteiger partial charge on any atom is -0.444 e. The standard InChI is InChI=1S/C12H17BrN2O2/c1-8-5-6-10(14-9(8)7-13)15-11(16)17-12(2,3)4/h5-6H,7H2,1-4H3,(H,14,15,16). The number of amides is 1. The number of aryl methyl sites for hydroxylation is 1. The van der Waals surface area contributed by atoms with Crippen molar-refractivity contribution in [3.8, 4) is 0 Å².